The monoisotopic (exact) mass is 271 g/mol. The Labute approximate surface area is 118 Å². The van der Waals surface area contributed by atoms with Crippen LogP contribution in [0.5, 0.6) is 11.5 Å². The third-order valence-corrected chi connectivity index (χ3v) is 2.78. The number of carbonyl (C=O) groups is 1. The van der Waals surface area contributed by atoms with Crippen LogP contribution in [0.1, 0.15) is 17.3 Å². The first-order valence-corrected chi connectivity index (χ1v) is 6.38. The maximum Gasteiger partial charge on any atom is 0.163 e. The summed E-state index contributed by atoms with van der Waals surface area (Å²) in [5, 5.41) is 0. The van der Waals surface area contributed by atoms with Gasteiger partial charge in [-0.05, 0) is 31.2 Å². The number of rotatable bonds is 6. The van der Waals surface area contributed by atoms with Gasteiger partial charge in [-0.15, -0.1) is 0 Å². The van der Waals surface area contributed by atoms with Crippen LogP contribution in [0.4, 0.5) is 5.69 Å². The van der Waals surface area contributed by atoms with E-state index in [4.69, 9.17) is 15.2 Å². The number of ether oxygens (including phenoxy) is 2. The summed E-state index contributed by atoms with van der Waals surface area (Å²) in [6.45, 7) is 2.22. The molecule has 4 nitrogen and oxygen atoms in total. The number of anilines is 1. The minimum absolute atomic E-state index is 0.0196. The number of nitrogen functional groups attached to an aromatic ring is 1. The van der Waals surface area contributed by atoms with Crippen LogP contribution in [0.15, 0.2) is 48.5 Å². The van der Waals surface area contributed by atoms with Crippen LogP contribution in [0, 0.1) is 0 Å². The smallest absolute Gasteiger partial charge is 0.163 e. The number of Topliss-reactive ketones (excluding diaryl/α,β-unsaturated/α-hetero) is 1. The van der Waals surface area contributed by atoms with E-state index in [9.17, 15) is 4.79 Å². The summed E-state index contributed by atoms with van der Waals surface area (Å²) in [5.74, 6) is 1.19. The second kappa shape index (κ2) is 6.61. The molecule has 2 aromatic carbocycles. The summed E-state index contributed by atoms with van der Waals surface area (Å²) >= 11 is 0. The van der Waals surface area contributed by atoms with Crippen molar-refractivity contribution in [3.8, 4) is 11.5 Å². The number of hydrogen-bond donors (Lipinski definition) is 1. The zero-order valence-electron chi connectivity index (χ0n) is 11.3. The largest absolute Gasteiger partial charge is 0.489 e. The van der Waals surface area contributed by atoms with Crippen molar-refractivity contribution in [2.45, 2.75) is 6.92 Å². The molecule has 0 aliphatic rings. The van der Waals surface area contributed by atoms with Crippen LogP contribution in [0.2, 0.25) is 0 Å². The zero-order chi connectivity index (χ0) is 14.4. The molecule has 0 aliphatic heterocycles. The molecule has 0 saturated carbocycles. The fraction of sp³-hybridized carbons (Fsp3) is 0.188. The Morgan fingerprint density at radius 2 is 1.50 bits per heavy atom. The van der Waals surface area contributed by atoms with Crippen LogP contribution in [-0.4, -0.2) is 19.0 Å². The van der Waals surface area contributed by atoms with Gasteiger partial charge in [-0.25, -0.2) is 0 Å². The summed E-state index contributed by atoms with van der Waals surface area (Å²) in [7, 11) is 0. The van der Waals surface area contributed by atoms with E-state index in [0.717, 1.165) is 0 Å². The van der Waals surface area contributed by atoms with Crippen molar-refractivity contribution in [1.82, 2.24) is 0 Å². The average molecular weight is 271 g/mol. The minimum atomic E-state index is -0.0196. The summed E-state index contributed by atoms with van der Waals surface area (Å²) in [5.41, 5.74) is 6.94. The Bertz CT molecular complexity index is 596. The van der Waals surface area contributed by atoms with E-state index in [0.29, 0.717) is 36.0 Å². The second-order valence-corrected chi connectivity index (χ2v) is 4.29. The van der Waals surface area contributed by atoms with E-state index in [1.54, 1.807) is 24.3 Å². The summed E-state index contributed by atoms with van der Waals surface area (Å²) in [6.07, 6.45) is 0. The van der Waals surface area contributed by atoms with Gasteiger partial charge in [-0.1, -0.05) is 24.3 Å². The Morgan fingerprint density at radius 3 is 2.15 bits per heavy atom. The maximum absolute atomic E-state index is 11.4. The highest BCUT2D eigenvalue weighted by Crippen LogP contribution is 2.20. The van der Waals surface area contributed by atoms with Crippen molar-refractivity contribution in [2.24, 2.45) is 0 Å². The van der Waals surface area contributed by atoms with Crippen molar-refractivity contribution in [1.29, 1.82) is 0 Å². The van der Waals surface area contributed by atoms with Gasteiger partial charge >= 0.3 is 0 Å². The van der Waals surface area contributed by atoms with Gasteiger partial charge in [-0.2, -0.15) is 0 Å². The molecule has 2 N–H and O–H groups in total. The number of hydrogen-bond acceptors (Lipinski definition) is 4. The topological polar surface area (TPSA) is 61.5 Å². The molecule has 0 fully saturated rings. The van der Waals surface area contributed by atoms with Crippen LogP contribution >= 0.6 is 0 Å². The molecule has 2 aromatic rings. The van der Waals surface area contributed by atoms with Crippen molar-refractivity contribution in [3.63, 3.8) is 0 Å². The number of benzene rings is 2. The highest BCUT2D eigenvalue weighted by Gasteiger charge is 2.07. The quantitative estimate of drug-likeness (QED) is 0.498. The van der Waals surface area contributed by atoms with Gasteiger partial charge in [0.05, 0.1) is 11.3 Å². The molecule has 0 heterocycles. The number of carbonyl (C=O) groups excluding carboxylic acids is 1. The van der Waals surface area contributed by atoms with E-state index in [-0.39, 0.29) is 5.78 Å². The van der Waals surface area contributed by atoms with Crippen LogP contribution in [-0.2, 0) is 0 Å². The van der Waals surface area contributed by atoms with E-state index in [1.807, 2.05) is 24.3 Å². The van der Waals surface area contributed by atoms with Crippen LogP contribution in [0.3, 0.4) is 0 Å². The van der Waals surface area contributed by atoms with Gasteiger partial charge in [0, 0.05) is 0 Å². The average Bonchev–Trinajstić information content (AvgIpc) is 2.45. The van der Waals surface area contributed by atoms with Gasteiger partial charge in [-0.3, -0.25) is 4.79 Å². The molecule has 0 aliphatic carbocycles. The summed E-state index contributed by atoms with van der Waals surface area (Å²) in [6, 6.07) is 14.4. The molecule has 0 saturated heterocycles. The zero-order valence-corrected chi connectivity index (χ0v) is 11.3. The van der Waals surface area contributed by atoms with E-state index < -0.39 is 0 Å². The number of nitrogens with two attached hydrogens (primary N) is 1. The molecular weight excluding hydrogens is 254 g/mol. The highest BCUT2D eigenvalue weighted by molar-refractivity contribution is 5.96. The lowest BCUT2D eigenvalue weighted by molar-refractivity contribution is 0.101. The molecule has 0 amide bonds. The molecule has 0 spiro atoms. The lowest BCUT2D eigenvalue weighted by Crippen LogP contribution is -2.11. The predicted molar refractivity (Wildman–Crippen MR) is 78.3 cm³/mol. The maximum atomic E-state index is 11.4. The van der Waals surface area contributed by atoms with E-state index in [1.165, 1.54) is 6.92 Å². The summed E-state index contributed by atoms with van der Waals surface area (Å²) in [4.78, 5) is 11.4. The van der Waals surface area contributed by atoms with E-state index >= 15 is 0 Å². The molecular formula is C16H17NO3. The van der Waals surface area contributed by atoms with Gasteiger partial charge in [0.1, 0.15) is 24.7 Å². The van der Waals surface area contributed by atoms with Crippen molar-refractivity contribution >= 4 is 11.5 Å². The first-order valence-electron chi connectivity index (χ1n) is 6.38. The summed E-state index contributed by atoms with van der Waals surface area (Å²) < 4.78 is 11.1. The first-order chi connectivity index (χ1) is 9.68. The lowest BCUT2D eigenvalue weighted by Gasteiger charge is -2.11. The fourth-order valence-electron chi connectivity index (χ4n) is 1.80. The van der Waals surface area contributed by atoms with Crippen molar-refractivity contribution in [2.75, 3.05) is 18.9 Å². The Balaban J connectivity index is 1.88. The lowest BCUT2D eigenvalue weighted by atomic mass is 10.1. The van der Waals surface area contributed by atoms with E-state index in [2.05, 4.69) is 0 Å². The molecule has 2 rings (SSSR count). The molecule has 0 radical (unpaired) electrons. The van der Waals surface area contributed by atoms with Gasteiger partial charge in [0.2, 0.25) is 0 Å². The first kappa shape index (κ1) is 13.9. The van der Waals surface area contributed by atoms with Crippen molar-refractivity contribution < 1.29 is 14.3 Å². The normalized spacial score (nSPS) is 10.1. The molecule has 0 unspecified atom stereocenters. The number of ketones is 1. The fourth-order valence-corrected chi connectivity index (χ4v) is 1.80. The van der Waals surface area contributed by atoms with Gasteiger partial charge < -0.3 is 15.2 Å². The third-order valence-electron chi connectivity index (χ3n) is 2.78. The van der Waals surface area contributed by atoms with Gasteiger partial charge in [0.25, 0.3) is 0 Å². The molecule has 0 bridgehead atoms. The number of para-hydroxylation sites is 3. The third kappa shape index (κ3) is 3.51. The highest BCUT2D eigenvalue weighted by atomic mass is 16.5. The van der Waals surface area contributed by atoms with Crippen LogP contribution < -0.4 is 15.2 Å². The standard InChI is InChI=1S/C16H17NO3/c1-12(18)13-6-2-4-8-15(13)19-10-11-20-16-9-5-3-7-14(16)17/h2-9H,10-11,17H2,1H3. The predicted octanol–water partition coefficient (Wildman–Crippen LogP) is 2.93. The Morgan fingerprint density at radius 1 is 0.950 bits per heavy atom. The SMILES string of the molecule is CC(=O)c1ccccc1OCCOc1ccccc1N. The Kier molecular flexibility index (Phi) is 4.60. The molecule has 104 valence electrons. The molecule has 20 heavy (non-hydrogen) atoms. The van der Waals surface area contributed by atoms with Crippen molar-refractivity contribution in [3.05, 3.63) is 54.1 Å². The Hall–Kier alpha value is -2.49. The molecule has 4 heteroatoms. The van der Waals surface area contributed by atoms with Crippen LogP contribution in [0.25, 0.3) is 0 Å². The molecule has 0 aromatic heterocycles. The minimum Gasteiger partial charge on any atom is -0.489 e. The van der Waals surface area contributed by atoms with Gasteiger partial charge in [0.15, 0.2) is 5.78 Å². The second-order valence-electron chi connectivity index (χ2n) is 4.29. The molecule has 0 atom stereocenters.